The van der Waals surface area contributed by atoms with Crippen molar-refractivity contribution in [2.75, 3.05) is 46.8 Å². The molecule has 0 unspecified atom stereocenters. The van der Waals surface area contributed by atoms with E-state index in [1.54, 1.807) is 7.11 Å². The third-order valence-electron chi connectivity index (χ3n) is 6.74. The van der Waals surface area contributed by atoms with E-state index in [4.69, 9.17) is 18.9 Å². The van der Waals surface area contributed by atoms with Crippen LogP contribution in [0.15, 0.2) is 66.7 Å². The van der Waals surface area contributed by atoms with Crippen molar-refractivity contribution in [3.8, 4) is 16.9 Å². The van der Waals surface area contributed by atoms with E-state index in [9.17, 15) is 0 Å². The molecule has 0 saturated heterocycles. The molecule has 0 fully saturated rings. The predicted molar refractivity (Wildman–Crippen MR) is 141 cm³/mol. The molecule has 4 heteroatoms. The van der Waals surface area contributed by atoms with Gasteiger partial charge in [-0.1, -0.05) is 74.5 Å². The number of rotatable bonds is 13. The van der Waals surface area contributed by atoms with Crippen LogP contribution in [-0.2, 0) is 19.6 Å². The molecule has 0 radical (unpaired) electrons. The number of fused-ring (bicyclic) bond motifs is 3. The first kappa shape index (κ1) is 25.4. The van der Waals surface area contributed by atoms with Gasteiger partial charge in [-0.3, -0.25) is 0 Å². The van der Waals surface area contributed by atoms with Gasteiger partial charge in [0.15, 0.2) is 0 Å². The fraction of sp³-hybridized carbons (Fsp3) is 0.419. The summed E-state index contributed by atoms with van der Waals surface area (Å²) in [5.74, 6) is 1.45. The smallest absolute Gasteiger partial charge is 0.122 e. The molecule has 0 heterocycles. The van der Waals surface area contributed by atoms with Crippen LogP contribution in [-0.4, -0.2) is 46.8 Å². The molecule has 0 spiro atoms. The van der Waals surface area contributed by atoms with E-state index in [-0.39, 0.29) is 5.41 Å². The Morgan fingerprint density at radius 2 is 1.29 bits per heavy atom. The highest BCUT2D eigenvalue weighted by atomic mass is 16.6. The summed E-state index contributed by atoms with van der Waals surface area (Å²) in [5.41, 5.74) is 7.84. The second-order valence-corrected chi connectivity index (χ2v) is 9.64. The van der Waals surface area contributed by atoms with Gasteiger partial charge in [0.2, 0.25) is 0 Å². The van der Waals surface area contributed by atoms with Gasteiger partial charge >= 0.3 is 0 Å². The second kappa shape index (κ2) is 11.9. The topological polar surface area (TPSA) is 36.9 Å². The predicted octanol–water partition coefficient (Wildman–Crippen LogP) is 6.41. The highest BCUT2D eigenvalue weighted by Crippen LogP contribution is 2.55. The van der Waals surface area contributed by atoms with E-state index in [1.165, 1.54) is 27.8 Å². The molecule has 0 amide bonds. The maximum atomic E-state index is 6.07. The monoisotopic (exact) mass is 474 g/mol. The molecule has 0 N–H and O–H groups in total. The zero-order chi connectivity index (χ0) is 24.7. The van der Waals surface area contributed by atoms with E-state index >= 15 is 0 Å². The summed E-state index contributed by atoms with van der Waals surface area (Å²) in [6.07, 6.45) is 1.06. The summed E-state index contributed by atoms with van der Waals surface area (Å²) in [4.78, 5) is 0. The van der Waals surface area contributed by atoms with Gasteiger partial charge in [0.05, 0.1) is 33.0 Å². The minimum atomic E-state index is -0.156. The van der Waals surface area contributed by atoms with Crippen LogP contribution < -0.4 is 4.74 Å². The lowest BCUT2D eigenvalue weighted by molar-refractivity contribution is 0.0179. The van der Waals surface area contributed by atoms with E-state index in [1.807, 2.05) is 0 Å². The Morgan fingerprint density at radius 3 is 1.86 bits per heavy atom. The van der Waals surface area contributed by atoms with Crippen molar-refractivity contribution in [3.05, 3.63) is 89.0 Å². The molecule has 35 heavy (non-hydrogen) atoms. The molecule has 0 bridgehead atoms. The Morgan fingerprint density at radius 1 is 0.714 bits per heavy atom. The molecule has 0 saturated carbocycles. The van der Waals surface area contributed by atoms with Crippen LogP contribution in [0.1, 0.15) is 42.5 Å². The highest BCUT2D eigenvalue weighted by Gasteiger charge is 2.44. The van der Waals surface area contributed by atoms with Gasteiger partial charge in [0, 0.05) is 12.5 Å². The van der Waals surface area contributed by atoms with Crippen molar-refractivity contribution in [1.82, 2.24) is 0 Å². The van der Waals surface area contributed by atoms with Gasteiger partial charge in [0.25, 0.3) is 0 Å². The maximum absolute atomic E-state index is 6.07. The Kier molecular flexibility index (Phi) is 8.61. The molecule has 4 rings (SSSR count). The first-order valence-electron chi connectivity index (χ1n) is 12.7. The Hall–Kier alpha value is -2.66. The first-order valence-corrected chi connectivity index (χ1v) is 12.7. The van der Waals surface area contributed by atoms with Crippen molar-refractivity contribution in [1.29, 1.82) is 0 Å². The van der Waals surface area contributed by atoms with Crippen molar-refractivity contribution < 1.29 is 18.9 Å². The summed E-state index contributed by atoms with van der Waals surface area (Å²) >= 11 is 0. The third-order valence-corrected chi connectivity index (χ3v) is 6.74. The number of aryl methyl sites for hydroxylation is 1. The lowest BCUT2D eigenvalue weighted by Gasteiger charge is -2.35. The molecule has 0 atom stereocenters. The SMILES string of the molecule is COCCOCCOCCOc1ccc(C2(CC(C)C)c3ccccc3-c3ccccc32)cc1C. The third kappa shape index (κ3) is 5.45. The van der Waals surface area contributed by atoms with Gasteiger partial charge in [-0.05, 0) is 58.7 Å². The second-order valence-electron chi connectivity index (χ2n) is 9.64. The summed E-state index contributed by atoms with van der Waals surface area (Å²) in [6.45, 7) is 10.1. The van der Waals surface area contributed by atoms with Gasteiger partial charge in [-0.2, -0.15) is 0 Å². The molecule has 3 aromatic rings. The summed E-state index contributed by atoms with van der Waals surface area (Å²) < 4.78 is 22.1. The zero-order valence-corrected chi connectivity index (χ0v) is 21.5. The molecule has 0 aromatic heterocycles. The maximum Gasteiger partial charge on any atom is 0.122 e. The average molecular weight is 475 g/mol. The van der Waals surface area contributed by atoms with Crippen molar-refractivity contribution in [2.45, 2.75) is 32.6 Å². The van der Waals surface area contributed by atoms with Crippen LogP contribution in [0, 0.1) is 12.8 Å². The molecule has 186 valence electrons. The van der Waals surface area contributed by atoms with Gasteiger partial charge in [-0.25, -0.2) is 0 Å². The van der Waals surface area contributed by atoms with Gasteiger partial charge in [0.1, 0.15) is 12.4 Å². The molecular weight excluding hydrogens is 436 g/mol. The fourth-order valence-electron chi connectivity index (χ4n) is 5.34. The molecule has 4 nitrogen and oxygen atoms in total. The lowest BCUT2D eigenvalue weighted by atomic mass is 9.67. The Balaban J connectivity index is 1.51. The van der Waals surface area contributed by atoms with E-state index in [0.29, 0.717) is 45.6 Å². The first-order chi connectivity index (χ1) is 17.1. The van der Waals surface area contributed by atoms with E-state index < -0.39 is 0 Å². The lowest BCUT2D eigenvalue weighted by Crippen LogP contribution is -2.29. The van der Waals surface area contributed by atoms with Crippen molar-refractivity contribution in [3.63, 3.8) is 0 Å². The number of hydrogen-bond acceptors (Lipinski definition) is 4. The average Bonchev–Trinajstić information content (AvgIpc) is 3.14. The number of benzene rings is 3. The standard InChI is InChI=1S/C31H38O4/c1-23(2)22-31(28-11-7-5-9-26(28)27-10-6-8-12-29(27)31)25-13-14-30(24(3)21-25)35-20-19-34-18-17-33-16-15-32-4/h5-14,21,23H,15-20,22H2,1-4H3. The number of methoxy groups -OCH3 is 1. The molecule has 0 aliphatic heterocycles. The molecule has 3 aromatic carbocycles. The molecule has 1 aliphatic rings. The van der Waals surface area contributed by atoms with Gasteiger partial charge < -0.3 is 18.9 Å². The highest BCUT2D eigenvalue weighted by molar-refractivity contribution is 5.83. The normalized spacial score (nSPS) is 13.6. The van der Waals surface area contributed by atoms with Crippen LogP contribution in [0.2, 0.25) is 0 Å². The zero-order valence-electron chi connectivity index (χ0n) is 21.5. The summed E-state index contributed by atoms with van der Waals surface area (Å²) in [6, 6.07) is 24.5. The number of ether oxygens (including phenoxy) is 4. The van der Waals surface area contributed by atoms with Crippen LogP contribution in [0.4, 0.5) is 0 Å². The minimum absolute atomic E-state index is 0.156. The quantitative estimate of drug-likeness (QED) is 0.268. The summed E-state index contributed by atoms with van der Waals surface area (Å²) in [5, 5.41) is 0. The minimum Gasteiger partial charge on any atom is -0.491 e. The van der Waals surface area contributed by atoms with E-state index in [0.717, 1.165) is 17.7 Å². The molecular formula is C31H38O4. The fourth-order valence-corrected chi connectivity index (χ4v) is 5.34. The van der Waals surface area contributed by atoms with Crippen molar-refractivity contribution >= 4 is 0 Å². The largest absolute Gasteiger partial charge is 0.491 e. The van der Waals surface area contributed by atoms with Crippen LogP contribution in [0.5, 0.6) is 5.75 Å². The van der Waals surface area contributed by atoms with Crippen LogP contribution in [0.25, 0.3) is 11.1 Å². The van der Waals surface area contributed by atoms with Crippen LogP contribution >= 0.6 is 0 Å². The Bertz CT molecular complexity index is 1060. The summed E-state index contributed by atoms with van der Waals surface area (Å²) in [7, 11) is 1.67. The number of hydrogen-bond donors (Lipinski definition) is 0. The van der Waals surface area contributed by atoms with Crippen molar-refractivity contribution in [2.24, 2.45) is 5.92 Å². The van der Waals surface area contributed by atoms with Gasteiger partial charge in [-0.15, -0.1) is 0 Å². The van der Waals surface area contributed by atoms with E-state index in [2.05, 4.69) is 87.5 Å². The van der Waals surface area contributed by atoms with Crippen LogP contribution in [0.3, 0.4) is 0 Å². The Labute approximate surface area is 210 Å². The molecule has 1 aliphatic carbocycles.